The molecule has 1 N–H and O–H groups in total. The van der Waals surface area contributed by atoms with E-state index in [1.165, 1.54) is 24.8 Å². The van der Waals surface area contributed by atoms with Gasteiger partial charge in [0.05, 0.1) is 13.2 Å². The Hall–Kier alpha value is -1.35. The summed E-state index contributed by atoms with van der Waals surface area (Å²) >= 11 is 6.09. The number of methoxy groups -OCH3 is 1. The maximum absolute atomic E-state index is 10.6. The van der Waals surface area contributed by atoms with Crippen LogP contribution in [0.4, 0.5) is 13.2 Å². The molecule has 5 nitrogen and oxygen atoms in total. The monoisotopic (exact) mass is 437 g/mol. The van der Waals surface area contributed by atoms with Gasteiger partial charge in [0.15, 0.2) is 0 Å². The Morgan fingerprint density at radius 2 is 2.00 bits per heavy atom. The summed E-state index contributed by atoms with van der Waals surface area (Å²) in [6.07, 6.45) is -1.39. The summed E-state index contributed by atoms with van der Waals surface area (Å²) in [5.74, 6) is -2.20. The van der Waals surface area contributed by atoms with Gasteiger partial charge in [-0.15, -0.1) is 0 Å². The largest absolute Gasteiger partial charge is 0.490 e. The first-order valence-corrected chi connectivity index (χ1v) is 9.88. The first-order valence-electron chi connectivity index (χ1n) is 9.50. The minimum absolute atomic E-state index is 0.430. The molecule has 0 bridgehead atoms. The Labute approximate surface area is 173 Å². The number of carbonyl (C=O) groups is 1. The highest BCUT2D eigenvalue weighted by atomic mass is 35.5. The number of aliphatic carboxylic acids is 1. The molecule has 0 radical (unpaired) electrons. The third-order valence-corrected chi connectivity index (χ3v) is 5.92. The highest BCUT2D eigenvalue weighted by molar-refractivity contribution is 6.30. The fourth-order valence-corrected chi connectivity index (χ4v) is 4.23. The van der Waals surface area contributed by atoms with Crippen LogP contribution in [0.2, 0.25) is 5.02 Å². The van der Waals surface area contributed by atoms with Crippen LogP contribution in [0.25, 0.3) is 0 Å². The average molecular weight is 438 g/mol. The molecule has 0 amide bonds. The van der Waals surface area contributed by atoms with Gasteiger partial charge in [-0.2, -0.15) is 13.2 Å². The van der Waals surface area contributed by atoms with Crippen LogP contribution in [-0.2, 0) is 20.8 Å². The lowest BCUT2D eigenvalue weighted by Crippen LogP contribution is -2.49. The number of alkyl halides is 3. The zero-order valence-corrected chi connectivity index (χ0v) is 17.1. The molecule has 3 rings (SSSR count). The number of carboxylic acid groups (broad SMARTS) is 1. The van der Waals surface area contributed by atoms with Crippen molar-refractivity contribution >= 4 is 17.6 Å². The van der Waals surface area contributed by atoms with E-state index in [9.17, 15) is 13.2 Å². The molecule has 164 valence electrons. The molecule has 29 heavy (non-hydrogen) atoms. The van der Waals surface area contributed by atoms with Crippen molar-refractivity contribution in [2.75, 3.05) is 40.0 Å². The summed E-state index contributed by atoms with van der Waals surface area (Å²) < 4.78 is 42.9. The molecule has 2 heterocycles. The van der Waals surface area contributed by atoms with E-state index in [2.05, 4.69) is 17.0 Å². The van der Waals surface area contributed by atoms with Crippen molar-refractivity contribution < 1.29 is 32.5 Å². The van der Waals surface area contributed by atoms with Gasteiger partial charge in [-0.25, -0.2) is 4.79 Å². The summed E-state index contributed by atoms with van der Waals surface area (Å²) in [4.78, 5) is 11.4. The minimum atomic E-state index is -5.08. The van der Waals surface area contributed by atoms with Gasteiger partial charge in [-0.1, -0.05) is 23.7 Å². The molecule has 0 saturated carbocycles. The fourth-order valence-electron chi connectivity index (χ4n) is 4.02. The van der Waals surface area contributed by atoms with Crippen LogP contribution in [0.1, 0.15) is 24.8 Å². The predicted octanol–water partition coefficient (Wildman–Crippen LogP) is 4.24. The van der Waals surface area contributed by atoms with E-state index >= 15 is 0 Å². The van der Waals surface area contributed by atoms with Crippen molar-refractivity contribution in [1.82, 2.24) is 4.90 Å². The molecule has 2 aliphatic heterocycles. The van der Waals surface area contributed by atoms with Crippen LogP contribution in [-0.4, -0.2) is 62.2 Å². The van der Waals surface area contributed by atoms with Crippen LogP contribution < -0.4 is 0 Å². The molecule has 1 unspecified atom stereocenters. The topological polar surface area (TPSA) is 59.0 Å². The zero-order chi connectivity index (χ0) is 21.5. The van der Waals surface area contributed by atoms with E-state index < -0.39 is 12.1 Å². The lowest BCUT2D eigenvalue weighted by atomic mass is 9.66. The molecule has 1 spiro atoms. The van der Waals surface area contributed by atoms with Crippen molar-refractivity contribution in [3.05, 3.63) is 34.9 Å². The Morgan fingerprint density at radius 3 is 2.55 bits per heavy atom. The second kappa shape index (κ2) is 10.6. The number of likely N-dealkylation sites (tertiary alicyclic amines) is 1. The Bertz CT molecular complexity index is 661. The summed E-state index contributed by atoms with van der Waals surface area (Å²) in [7, 11) is 1.80. The molecule has 9 heteroatoms. The molecule has 2 fully saturated rings. The molecule has 2 aliphatic rings. The van der Waals surface area contributed by atoms with Gasteiger partial charge in [0.2, 0.25) is 0 Å². The van der Waals surface area contributed by atoms with Crippen LogP contribution in [0.15, 0.2) is 24.3 Å². The van der Waals surface area contributed by atoms with E-state index in [1.807, 2.05) is 12.1 Å². The highest BCUT2D eigenvalue weighted by Crippen LogP contribution is 2.45. The first kappa shape index (κ1) is 23.9. The number of rotatable bonds is 4. The van der Waals surface area contributed by atoms with Crippen LogP contribution in [0, 0.1) is 11.3 Å². The van der Waals surface area contributed by atoms with Crippen molar-refractivity contribution in [2.24, 2.45) is 11.3 Å². The Morgan fingerprint density at radius 1 is 1.34 bits per heavy atom. The van der Waals surface area contributed by atoms with E-state index in [-0.39, 0.29) is 0 Å². The van der Waals surface area contributed by atoms with Gasteiger partial charge in [0, 0.05) is 31.2 Å². The minimum Gasteiger partial charge on any atom is -0.475 e. The normalized spacial score (nSPS) is 22.0. The molecule has 1 aromatic carbocycles. The SMILES string of the molecule is COCC1COCCC12CCN(Cc1cccc(Cl)c1)CC2.O=C(O)C(F)(F)F. The lowest BCUT2D eigenvalue weighted by molar-refractivity contribution is -0.192. The number of nitrogens with zero attached hydrogens (tertiary/aromatic N) is 1. The third kappa shape index (κ3) is 7.13. The summed E-state index contributed by atoms with van der Waals surface area (Å²) in [5, 5.41) is 7.95. The quantitative estimate of drug-likeness (QED) is 0.763. The van der Waals surface area contributed by atoms with Gasteiger partial charge in [0.25, 0.3) is 0 Å². The molecule has 0 aliphatic carbocycles. The van der Waals surface area contributed by atoms with Crippen LogP contribution >= 0.6 is 11.6 Å². The van der Waals surface area contributed by atoms with Gasteiger partial charge >= 0.3 is 12.1 Å². The van der Waals surface area contributed by atoms with E-state index in [4.69, 9.17) is 31.0 Å². The second-order valence-electron chi connectivity index (χ2n) is 7.55. The van der Waals surface area contributed by atoms with Gasteiger partial charge in [-0.3, -0.25) is 4.90 Å². The van der Waals surface area contributed by atoms with Gasteiger partial charge in [-0.05, 0) is 55.5 Å². The zero-order valence-electron chi connectivity index (χ0n) is 16.4. The first-order chi connectivity index (χ1) is 13.7. The van der Waals surface area contributed by atoms with Crippen LogP contribution in [0.3, 0.4) is 0 Å². The summed E-state index contributed by atoms with van der Waals surface area (Å²) in [5.41, 5.74) is 1.74. The number of hydrogen-bond donors (Lipinski definition) is 1. The maximum atomic E-state index is 10.6. The molecular weight excluding hydrogens is 411 g/mol. The van der Waals surface area contributed by atoms with Gasteiger partial charge in [0.1, 0.15) is 0 Å². The number of hydrogen-bond acceptors (Lipinski definition) is 4. The van der Waals surface area contributed by atoms with Crippen molar-refractivity contribution in [3.63, 3.8) is 0 Å². The van der Waals surface area contributed by atoms with E-state index in [0.717, 1.165) is 44.5 Å². The molecular formula is C20H27ClF3NO4. The number of piperidine rings is 1. The van der Waals surface area contributed by atoms with Crippen LogP contribution in [0.5, 0.6) is 0 Å². The predicted molar refractivity (Wildman–Crippen MR) is 103 cm³/mol. The van der Waals surface area contributed by atoms with Gasteiger partial charge < -0.3 is 14.6 Å². The molecule has 1 aromatic rings. The lowest BCUT2D eigenvalue weighted by Gasteiger charge is -2.49. The highest BCUT2D eigenvalue weighted by Gasteiger charge is 2.43. The number of halogens is 4. The Balaban J connectivity index is 0.000000370. The summed E-state index contributed by atoms with van der Waals surface area (Å²) in [6.45, 7) is 5.92. The van der Waals surface area contributed by atoms with Crippen molar-refractivity contribution in [1.29, 1.82) is 0 Å². The molecule has 1 atom stereocenters. The molecule has 0 aromatic heterocycles. The average Bonchev–Trinajstić information content (AvgIpc) is 2.66. The summed E-state index contributed by atoms with van der Waals surface area (Å²) in [6, 6.07) is 8.22. The Kier molecular flexibility index (Phi) is 8.75. The smallest absolute Gasteiger partial charge is 0.475 e. The van der Waals surface area contributed by atoms with Crippen molar-refractivity contribution in [2.45, 2.75) is 32.0 Å². The number of ether oxygens (including phenoxy) is 2. The molecule has 2 saturated heterocycles. The van der Waals surface area contributed by atoms with Crippen molar-refractivity contribution in [3.8, 4) is 0 Å². The fraction of sp³-hybridized carbons (Fsp3) is 0.650. The third-order valence-electron chi connectivity index (χ3n) is 5.69. The number of carboxylic acids is 1. The standard InChI is InChI=1S/C18H26ClNO2.C2HF3O2/c1-21-13-16-14-22-10-7-18(16)5-8-20(9-6-18)12-15-3-2-4-17(19)11-15;3-2(4,5)1(6)7/h2-4,11,16H,5-10,12-14H2,1H3;(H,6,7). The number of benzene rings is 1. The second-order valence-corrected chi connectivity index (χ2v) is 7.98. The van der Waals surface area contributed by atoms with E-state index in [0.29, 0.717) is 11.3 Å². The van der Waals surface area contributed by atoms with E-state index in [1.54, 1.807) is 7.11 Å². The maximum Gasteiger partial charge on any atom is 0.490 e.